The van der Waals surface area contributed by atoms with Crippen molar-refractivity contribution < 1.29 is 27.5 Å². The van der Waals surface area contributed by atoms with Crippen molar-refractivity contribution in [3.8, 4) is 0 Å². The van der Waals surface area contributed by atoms with E-state index in [-0.39, 0.29) is 26.1 Å². The van der Waals surface area contributed by atoms with Crippen molar-refractivity contribution in [3.63, 3.8) is 0 Å². The van der Waals surface area contributed by atoms with Crippen LogP contribution in [-0.2, 0) is 9.53 Å². The second kappa shape index (κ2) is 11.2. The van der Waals surface area contributed by atoms with Crippen LogP contribution in [0.25, 0.3) is 0 Å². The first-order chi connectivity index (χ1) is 9.84. The summed E-state index contributed by atoms with van der Waals surface area (Å²) in [4.78, 5) is 23.2. The molecular weight excluding hydrogens is 289 g/mol. The molecule has 0 bridgehead atoms. The van der Waals surface area contributed by atoms with Crippen molar-refractivity contribution in [2.75, 3.05) is 26.7 Å². The van der Waals surface area contributed by atoms with Crippen LogP contribution in [0, 0.1) is 5.92 Å². The molecule has 1 aliphatic heterocycles. The maximum atomic E-state index is 12.3. The number of methoxy groups -OCH3 is 1. The molecule has 0 saturated carbocycles. The van der Waals surface area contributed by atoms with Crippen molar-refractivity contribution in [3.05, 3.63) is 0 Å². The number of hydrogen-bond acceptors (Lipinski definition) is 3. The predicted molar refractivity (Wildman–Crippen MR) is 73.8 cm³/mol. The molecule has 0 aliphatic carbocycles. The lowest BCUT2D eigenvalue weighted by atomic mass is 10.1. The van der Waals surface area contributed by atoms with E-state index in [0.29, 0.717) is 0 Å². The first-order valence-electron chi connectivity index (χ1n) is 7.01. The van der Waals surface area contributed by atoms with E-state index in [1.165, 1.54) is 0 Å². The van der Waals surface area contributed by atoms with Crippen LogP contribution in [0.2, 0.25) is 0 Å². The molecular formula is C13H25F3N2O3. The number of nitrogens with zero attached hydrogens (tertiary/aromatic N) is 1. The zero-order chi connectivity index (χ0) is 17.1. The van der Waals surface area contributed by atoms with Gasteiger partial charge >= 0.3 is 12.3 Å². The van der Waals surface area contributed by atoms with Crippen LogP contribution >= 0.6 is 0 Å². The van der Waals surface area contributed by atoms with Gasteiger partial charge in [0.2, 0.25) is 5.91 Å². The van der Waals surface area contributed by atoms with E-state index in [1.54, 1.807) is 0 Å². The van der Waals surface area contributed by atoms with Crippen LogP contribution in [0.15, 0.2) is 0 Å². The first kappa shape index (κ1) is 21.8. The number of carbonyl (C=O) groups is 2. The van der Waals surface area contributed by atoms with Crippen LogP contribution < -0.4 is 5.32 Å². The van der Waals surface area contributed by atoms with Crippen LogP contribution in [0.1, 0.15) is 34.1 Å². The lowest BCUT2D eigenvalue weighted by Gasteiger charge is -2.17. The van der Waals surface area contributed by atoms with E-state index in [0.717, 1.165) is 12.0 Å². The number of ether oxygens (including phenoxy) is 1. The van der Waals surface area contributed by atoms with Crippen molar-refractivity contribution in [2.24, 2.45) is 5.92 Å². The van der Waals surface area contributed by atoms with Gasteiger partial charge in [0.25, 0.3) is 0 Å². The third kappa shape index (κ3) is 8.41. The lowest BCUT2D eigenvalue weighted by molar-refractivity contribution is -0.171. The Bertz CT molecular complexity index is 310. The molecule has 1 N–H and O–H groups in total. The zero-order valence-electron chi connectivity index (χ0n) is 13.2. The highest BCUT2D eigenvalue weighted by Gasteiger charge is 2.44. The van der Waals surface area contributed by atoms with E-state index in [1.807, 2.05) is 27.7 Å². The van der Waals surface area contributed by atoms with Gasteiger partial charge in [-0.15, -0.1) is 0 Å². The molecule has 1 heterocycles. The minimum absolute atomic E-state index is 0.0614. The molecule has 0 aromatic heterocycles. The summed E-state index contributed by atoms with van der Waals surface area (Å²) in [5.74, 6) is -2.01. The van der Waals surface area contributed by atoms with Gasteiger partial charge in [-0.2, -0.15) is 13.2 Å². The molecule has 1 rings (SSSR count). The van der Waals surface area contributed by atoms with Crippen LogP contribution in [0.4, 0.5) is 18.0 Å². The number of halogens is 3. The summed E-state index contributed by atoms with van der Waals surface area (Å²) in [7, 11) is 1.13. The summed E-state index contributed by atoms with van der Waals surface area (Å²) in [5, 5.41) is 2.13. The summed E-state index contributed by atoms with van der Waals surface area (Å²) >= 11 is 0. The molecule has 0 unspecified atom stereocenters. The Morgan fingerprint density at radius 1 is 1.24 bits per heavy atom. The Balaban J connectivity index is 0. The van der Waals surface area contributed by atoms with E-state index in [4.69, 9.17) is 0 Å². The average molecular weight is 314 g/mol. The third-order valence-electron chi connectivity index (χ3n) is 2.57. The van der Waals surface area contributed by atoms with Crippen LogP contribution in [0.3, 0.4) is 0 Å². The van der Waals surface area contributed by atoms with Crippen molar-refractivity contribution in [2.45, 2.75) is 40.3 Å². The molecule has 0 aromatic carbocycles. The van der Waals surface area contributed by atoms with Gasteiger partial charge in [-0.3, -0.25) is 4.79 Å². The largest absolute Gasteiger partial charge is 0.453 e. The highest BCUT2D eigenvalue weighted by molar-refractivity contribution is 5.82. The van der Waals surface area contributed by atoms with E-state index in [2.05, 4.69) is 10.1 Å². The number of rotatable bonds is 2. The number of nitrogens with one attached hydrogen (secondary N) is 1. The number of amides is 2. The molecule has 126 valence electrons. The maximum Gasteiger partial charge on any atom is 0.407 e. The normalized spacial score (nSPS) is 17.0. The van der Waals surface area contributed by atoms with E-state index in [9.17, 15) is 22.8 Å². The Labute approximate surface area is 123 Å². The van der Waals surface area contributed by atoms with Crippen molar-refractivity contribution >= 4 is 12.0 Å². The summed E-state index contributed by atoms with van der Waals surface area (Å²) in [5.41, 5.74) is 0. The number of alkyl halides is 3. The Morgan fingerprint density at radius 3 is 2.14 bits per heavy atom. The highest BCUT2D eigenvalue weighted by atomic mass is 19.4. The second-order valence-electron chi connectivity index (χ2n) is 3.71. The van der Waals surface area contributed by atoms with Gasteiger partial charge in [-0.1, -0.05) is 27.7 Å². The maximum absolute atomic E-state index is 12.3. The standard InChI is InChI=1S/C9H13F3N2O3.2C2H6/c1-17-8(16)13-4-7(15)14-3-2-6(5-14)9(10,11)12;2*1-2/h6H,2-5H2,1H3,(H,13,16);2*1-2H3/t6-;;/m1../s1. The smallest absolute Gasteiger partial charge is 0.407 e. The van der Waals surface area contributed by atoms with Gasteiger partial charge in [0.05, 0.1) is 13.0 Å². The number of hydrogen-bond donors (Lipinski definition) is 1. The molecule has 2 amide bonds. The Morgan fingerprint density at radius 2 is 1.76 bits per heavy atom. The van der Waals surface area contributed by atoms with Gasteiger partial charge in [-0.05, 0) is 6.42 Å². The van der Waals surface area contributed by atoms with E-state index < -0.39 is 24.1 Å². The first-order valence-corrected chi connectivity index (χ1v) is 7.01. The van der Waals surface area contributed by atoms with E-state index >= 15 is 0 Å². The number of carbonyl (C=O) groups excluding carboxylic acids is 2. The lowest BCUT2D eigenvalue weighted by Crippen LogP contribution is -2.39. The minimum atomic E-state index is -4.27. The molecule has 8 heteroatoms. The van der Waals surface area contributed by atoms with Crippen LogP contribution in [-0.4, -0.2) is 49.8 Å². The molecule has 5 nitrogen and oxygen atoms in total. The zero-order valence-corrected chi connectivity index (χ0v) is 13.2. The predicted octanol–water partition coefficient (Wildman–Crippen LogP) is 2.81. The average Bonchev–Trinajstić information content (AvgIpc) is 2.98. The van der Waals surface area contributed by atoms with Crippen molar-refractivity contribution in [1.82, 2.24) is 10.2 Å². The molecule has 21 heavy (non-hydrogen) atoms. The molecule has 0 radical (unpaired) electrons. The minimum Gasteiger partial charge on any atom is -0.453 e. The molecule has 1 saturated heterocycles. The van der Waals surface area contributed by atoms with Gasteiger partial charge in [-0.25, -0.2) is 4.79 Å². The second-order valence-corrected chi connectivity index (χ2v) is 3.71. The summed E-state index contributed by atoms with van der Waals surface area (Å²) < 4.78 is 41.3. The Hall–Kier alpha value is -1.47. The monoisotopic (exact) mass is 314 g/mol. The quantitative estimate of drug-likeness (QED) is 0.852. The molecule has 1 atom stereocenters. The van der Waals surface area contributed by atoms with Gasteiger partial charge in [0, 0.05) is 13.1 Å². The fourth-order valence-electron chi connectivity index (χ4n) is 1.59. The molecule has 0 aromatic rings. The van der Waals surface area contributed by atoms with Crippen LogP contribution in [0.5, 0.6) is 0 Å². The van der Waals surface area contributed by atoms with Gasteiger partial charge in [0.1, 0.15) is 6.54 Å². The summed E-state index contributed by atoms with van der Waals surface area (Å²) in [6.45, 7) is 7.37. The SMILES string of the molecule is CC.CC.COC(=O)NCC(=O)N1CC[C@@H](C(F)(F)F)C1. The van der Waals surface area contributed by atoms with Crippen molar-refractivity contribution in [1.29, 1.82) is 0 Å². The summed E-state index contributed by atoms with van der Waals surface area (Å²) in [6, 6.07) is 0. The number of likely N-dealkylation sites (tertiary alicyclic amines) is 1. The van der Waals surface area contributed by atoms with Gasteiger partial charge < -0.3 is 15.0 Å². The molecule has 0 spiro atoms. The topological polar surface area (TPSA) is 58.6 Å². The molecule has 1 fully saturated rings. The third-order valence-corrected chi connectivity index (χ3v) is 2.57. The fraction of sp³-hybridized carbons (Fsp3) is 0.846. The Kier molecular flexibility index (Phi) is 11.7. The molecule has 1 aliphatic rings. The van der Waals surface area contributed by atoms with Gasteiger partial charge in [0.15, 0.2) is 0 Å². The number of alkyl carbamates (subject to hydrolysis) is 1. The highest BCUT2D eigenvalue weighted by Crippen LogP contribution is 2.33. The summed E-state index contributed by atoms with van der Waals surface area (Å²) in [6.07, 6.45) is -5.15. The fourth-order valence-corrected chi connectivity index (χ4v) is 1.59.